The van der Waals surface area contributed by atoms with Gasteiger partial charge in [0.1, 0.15) is 11.5 Å². The molecule has 222 valence electrons. The number of ether oxygens (including phenoxy) is 3. The van der Waals surface area contributed by atoms with Crippen molar-refractivity contribution < 1.29 is 24.1 Å². The molecule has 0 saturated carbocycles. The minimum Gasteiger partial charge on any atom is -0.497 e. The molecular formula is C34H34BrN3O5. The fraction of sp³-hybridized carbons (Fsp3) is 0.235. The van der Waals surface area contributed by atoms with Gasteiger partial charge >= 0.3 is 0 Å². The van der Waals surface area contributed by atoms with E-state index >= 15 is 0 Å². The minimum atomic E-state index is -1.33. The van der Waals surface area contributed by atoms with Crippen LogP contribution in [-0.4, -0.2) is 42.8 Å². The number of carbonyl (C=O) groups excluding carboxylic acids is 1. The molecule has 0 aromatic heterocycles. The third kappa shape index (κ3) is 7.25. The van der Waals surface area contributed by atoms with Crippen LogP contribution in [-0.2, 0) is 22.5 Å². The van der Waals surface area contributed by atoms with Crippen LogP contribution in [0.2, 0.25) is 0 Å². The number of methoxy groups -OCH3 is 1. The van der Waals surface area contributed by atoms with Crippen molar-refractivity contribution in [1.29, 1.82) is 0 Å². The van der Waals surface area contributed by atoms with Crippen LogP contribution in [0.1, 0.15) is 34.8 Å². The van der Waals surface area contributed by atoms with Gasteiger partial charge in [0.2, 0.25) is 5.90 Å². The quantitative estimate of drug-likeness (QED) is 0.131. The molecule has 8 nitrogen and oxygen atoms in total. The zero-order valence-electron chi connectivity index (χ0n) is 23.8. The highest BCUT2D eigenvalue weighted by Gasteiger charge is 2.53. The number of rotatable bonds is 13. The van der Waals surface area contributed by atoms with Crippen molar-refractivity contribution in [3.8, 4) is 11.5 Å². The maximum atomic E-state index is 14.3. The van der Waals surface area contributed by atoms with E-state index in [1.165, 1.54) is 0 Å². The molecule has 4 aromatic carbocycles. The molecule has 1 aliphatic rings. The summed E-state index contributed by atoms with van der Waals surface area (Å²) >= 11 is 3.67. The van der Waals surface area contributed by atoms with Gasteiger partial charge in [-0.2, -0.15) is 0 Å². The van der Waals surface area contributed by atoms with Gasteiger partial charge in [-0.1, -0.05) is 76.6 Å². The van der Waals surface area contributed by atoms with E-state index in [9.17, 15) is 4.79 Å². The van der Waals surface area contributed by atoms with Gasteiger partial charge in [-0.25, -0.2) is 10.4 Å². The molecule has 0 radical (unpaired) electrons. The Bertz CT molecular complexity index is 1530. The van der Waals surface area contributed by atoms with Crippen molar-refractivity contribution in [3.63, 3.8) is 0 Å². The molecule has 9 heteroatoms. The fourth-order valence-corrected chi connectivity index (χ4v) is 5.35. The van der Waals surface area contributed by atoms with E-state index in [4.69, 9.17) is 24.3 Å². The number of nitrogens with zero attached hydrogens (tertiary/aromatic N) is 1. The van der Waals surface area contributed by atoms with E-state index in [0.29, 0.717) is 31.2 Å². The number of halogens is 1. The van der Waals surface area contributed by atoms with Gasteiger partial charge < -0.3 is 19.3 Å². The van der Waals surface area contributed by atoms with Crippen molar-refractivity contribution in [2.24, 2.45) is 4.99 Å². The molecule has 1 aliphatic heterocycles. The first-order valence-corrected chi connectivity index (χ1v) is 14.9. The summed E-state index contributed by atoms with van der Waals surface area (Å²) in [5.41, 5.74) is 8.15. The summed E-state index contributed by atoms with van der Waals surface area (Å²) in [4.78, 5) is 19.4. The third-order valence-electron chi connectivity index (χ3n) is 7.20. The molecule has 0 unspecified atom stereocenters. The van der Waals surface area contributed by atoms with E-state index < -0.39 is 11.6 Å². The van der Waals surface area contributed by atoms with E-state index in [0.717, 1.165) is 32.5 Å². The second-order valence-corrected chi connectivity index (χ2v) is 11.0. The smallest absolute Gasteiger partial charge is 0.266 e. The Morgan fingerprint density at radius 3 is 2.35 bits per heavy atom. The van der Waals surface area contributed by atoms with Gasteiger partial charge in [-0.15, -0.1) is 0 Å². The van der Waals surface area contributed by atoms with Crippen LogP contribution in [0.15, 0.2) is 113 Å². The Morgan fingerprint density at radius 1 is 0.953 bits per heavy atom. The number of aliphatic hydroxyl groups excluding tert-OH is 1. The van der Waals surface area contributed by atoms with E-state index in [1.807, 2.05) is 103 Å². The summed E-state index contributed by atoms with van der Waals surface area (Å²) in [7, 11) is 1.63. The molecule has 43 heavy (non-hydrogen) atoms. The molecule has 0 saturated heterocycles. The van der Waals surface area contributed by atoms with Gasteiger partial charge in [0.15, 0.2) is 11.6 Å². The molecule has 2 atom stereocenters. The molecule has 3 N–H and O–H groups in total. The van der Waals surface area contributed by atoms with Crippen molar-refractivity contribution >= 4 is 27.7 Å². The van der Waals surface area contributed by atoms with Gasteiger partial charge in [0, 0.05) is 36.0 Å². The molecule has 4 aromatic rings. The number of aliphatic imine (C=N–C) groups is 1. The lowest BCUT2D eigenvalue weighted by atomic mass is 9.82. The summed E-state index contributed by atoms with van der Waals surface area (Å²) in [6.45, 7) is 0.897. The molecule has 5 rings (SSSR count). The Hall–Kier alpha value is -4.18. The highest BCUT2D eigenvalue weighted by molar-refractivity contribution is 9.10. The van der Waals surface area contributed by atoms with Crippen LogP contribution < -0.4 is 20.3 Å². The Labute approximate surface area is 259 Å². The Balaban J connectivity index is 1.48. The lowest BCUT2D eigenvalue weighted by Gasteiger charge is -2.31. The first kappa shape index (κ1) is 30.3. The van der Waals surface area contributed by atoms with Crippen LogP contribution in [0.5, 0.6) is 11.5 Å². The van der Waals surface area contributed by atoms with Crippen molar-refractivity contribution in [2.75, 3.05) is 20.3 Å². The lowest BCUT2D eigenvalue weighted by molar-refractivity contribution is -0.130. The fourth-order valence-electron chi connectivity index (χ4n) is 4.92. The summed E-state index contributed by atoms with van der Waals surface area (Å²) < 4.78 is 18.4. The molecule has 0 bridgehead atoms. The van der Waals surface area contributed by atoms with Gasteiger partial charge in [0.05, 0.1) is 13.7 Å². The monoisotopic (exact) mass is 643 g/mol. The van der Waals surface area contributed by atoms with Crippen LogP contribution in [0.3, 0.4) is 0 Å². The maximum absolute atomic E-state index is 14.3. The predicted octanol–water partition coefficient (Wildman–Crippen LogP) is 5.54. The zero-order chi connectivity index (χ0) is 30.1. The molecular weight excluding hydrogens is 610 g/mol. The first-order valence-electron chi connectivity index (χ1n) is 14.1. The molecule has 0 aliphatic carbocycles. The normalized spacial score (nSPS) is 17.6. The standard InChI is InChI=1S/C34H34BrN3O5/c1-41-28-16-12-24(13-17-28)23-36-38-33(40)34(22-27-10-5-6-11-30(27)35)31(25-8-3-2-4-9-25)43-32(37-34)26-14-18-29(19-15-26)42-21-7-20-39/h2-6,8-19,31,36,39H,7,20-23H2,1H3,(H,38,40)/t31-,34-/m0/s1. The predicted molar refractivity (Wildman–Crippen MR) is 169 cm³/mol. The number of aliphatic hydroxyl groups is 1. The third-order valence-corrected chi connectivity index (χ3v) is 7.98. The van der Waals surface area contributed by atoms with Crippen molar-refractivity contribution in [3.05, 3.63) is 130 Å². The average molecular weight is 645 g/mol. The Morgan fingerprint density at radius 2 is 1.65 bits per heavy atom. The number of benzene rings is 4. The SMILES string of the molecule is COc1ccc(CNNC(=O)[C@@]2(Cc3ccccc3Br)N=C(c3ccc(OCCCO)cc3)O[C@H]2c2ccccc2)cc1. The van der Waals surface area contributed by atoms with E-state index in [2.05, 4.69) is 26.8 Å². The van der Waals surface area contributed by atoms with Crippen molar-refractivity contribution in [1.82, 2.24) is 10.9 Å². The Kier molecular flexibility index (Phi) is 10.1. The van der Waals surface area contributed by atoms with Crippen molar-refractivity contribution in [2.45, 2.75) is 31.0 Å². The number of hydrogen-bond donors (Lipinski definition) is 3. The molecule has 0 spiro atoms. The molecule has 0 fully saturated rings. The number of hydrogen-bond acceptors (Lipinski definition) is 7. The van der Waals surface area contributed by atoms with Gasteiger partial charge in [-0.05, 0) is 59.2 Å². The summed E-state index contributed by atoms with van der Waals surface area (Å²) in [6.07, 6.45) is 0.143. The minimum absolute atomic E-state index is 0.0697. The number of hydrazine groups is 1. The summed E-state index contributed by atoms with van der Waals surface area (Å²) in [5, 5.41) is 9.04. The highest BCUT2D eigenvalue weighted by Crippen LogP contribution is 2.43. The van der Waals surface area contributed by atoms with E-state index in [-0.39, 0.29) is 18.9 Å². The van der Waals surface area contributed by atoms with Crippen LogP contribution in [0.4, 0.5) is 0 Å². The molecule has 1 heterocycles. The van der Waals surface area contributed by atoms with Crippen LogP contribution >= 0.6 is 15.9 Å². The first-order chi connectivity index (χ1) is 21.0. The lowest BCUT2D eigenvalue weighted by Crippen LogP contribution is -2.53. The maximum Gasteiger partial charge on any atom is 0.266 e. The second kappa shape index (κ2) is 14.3. The highest BCUT2D eigenvalue weighted by atomic mass is 79.9. The topological polar surface area (TPSA) is 101 Å². The average Bonchev–Trinajstić information content (AvgIpc) is 3.44. The largest absolute Gasteiger partial charge is 0.497 e. The zero-order valence-corrected chi connectivity index (χ0v) is 25.4. The van der Waals surface area contributed by atoms with Crippen LogP contribution in [0, 0.1) is 0 Å². The summed E-state index contributed by atoms with van der Waals surface area (Å²) in [5.74, 6) is 1.49. The second-order valence-electron chi connectivity index (χ2n) is 10.1. The number of carbonyl (C=O) groups is 1. The number of nitrogens with one attached hydrogen (secondary N) is 2. The molecule has 1 amide bonds. The van der Waals surface area contributed by atoms with Crippen LogP contribution in [0.25, 0.3) is 0 Å². The van der Waals surface area contributed by atoms with Gasteiger partial charge in [-0.3, -0.25) is 10.2 Å². The van der Waals surface area contributed by atoms with Gasteiger partial charge in [0.25, 0.3) is 5.91 Å². The summed E-state index contributed by atoms with van der Waals surface area (Å²) in [6, 6.07) is 32.5. The van der Waals surface area contributed by atoms with E-state index in [1.54, 1.807) is 7.11 Å². The number of amides is 1.